The number of hydrogen-bond donors (Lipinski definition) is 6. The van der Waals surface area contributed by atoms with Gasteiger partial charge in [0.15, 0.2) is 36.9 Å². The quantitative estimate of drug-likeness (QED) is 0.0513. The molecule has 2 bridgehead atoms. The van der Waals surface area contributed by atoms with Crippen LogP contribution in [-0.2, 0) is 71.3 Å². The molecule has 0 aromatic heterocycles. The molecule has 0 aromatic rings. The number of ether oxygens (including phenoxy) is 11. The molecule has 5 saturated heterocycles. The highest BCUT2D eigenvalue weighted by Gasteiger charge is 2.65. The summed E-state index contributed by atoms with van der Waals surface area (Å²) in [5.74, 6) is -5.89. The van der Waals surface area contributed by atoms with Crippen LogP contribution in [0.5, 0.6) is 0 Å². The van der Waals surface area contributed by atoms with E-state index >= 15 is 4.79 Å². The molecule has 6 fully saturated rings. The Balaban J connectivity index is 1.02. The van der Waals surface area contributed by atoms with Crippen LogP contribution in [0.2, 0.25) is 0 Å². The molecule has 1 spiro atoms. The number of rotatable bonds is 11. The van der Waals surface area contributed by atoms with Crippen LogP contribution >= 0.6 is 0 Å². The predicted molar refractivity (Wildman–Crippen MR) is 294 cm³/mol. The molecule has 22 heteroatoms. The van der Waals surface area contributed by atoms with Crippen LogP contribution in [-0.4, -0.2) is 173 Å². The van der Waals surface area contributed by atoms with Gasteiger partial charge in [0.2, 0.25) is 5.78 Å². The first-order valence-electron chi connectivity index (χ1n) is 29.6. The molecule has 4 aliphatic carbocycles. The fourth-order valence-corrected chi connectivity index (χ4v) is 15.4. The number of aliphatic hydroxyl groups is 4. The van der Waals surface area contributed by atoms with Gasteiger partial charge in [0, 0.05) is 61.8 Å². The number of methoxy groups -OCH3 is 1. The van der Waals surface area contributed by atoms with Gasteiger partial charge in [0.05, 0.1) is 74.0 Å². The molecule has 1 saturated carbocycles. The molecule has 7 N–H and O–H groups in total. The summed E-state index contributed by atoms with van der Waals surface area (Å²) in [5, 5.41) is 48.5. The van der Waals surface area contributed by atoms with Crippen LogP contribution in [0.1, 0.15) is 128 Å². The molecule has 0 aromatic carbocycles. The number of fused-ring (bicyclic) bond motifs is 4. The summed E-state index contributed by atoms with van der Waals surface area (Å²) in [4.78, 5) is 67.6. The van der Waals surface area contributed by atoms with E-state index in [-0.39, 0.29) is 49.5 Å². The molecule has 83 heavy (non-hydrogen) atoms. The zero-order chi connectivity index (χ0) is 60.4. The lowest BCUT2D eigenvalue weighted by atomic mass is 9.49. The van der Waals surface area contributed by atoms with Gasteiger partial charge in [-0.15, -0.1) is 0 Å². The van der Waals surface area contributed by atoms with E-state index < -0.39 is 180 Å². The number of allylic oxidation sites excluding steroid dienone is 3. The van der Waals surface area contributed by atoms with Gasteiger partial charge in [-0.1, -0.05) is 50.6 Å². The summed E-state index contributed by atoms with van der Waals surface area (Å²) in [7, 11) is 1.26. The first kappa shape index (κ1) is 63.1. The van der Waals surface area contributed by atoms with Crippen LogP contribution in [0.3, 0.4) is 0 Å². The minimum Gasteiger partial charge on any atom is -0.511 e. The van der Waals surface area contributed by atoms with E-state index in [0.29, 0.717) is 31.1 Å². The van der Waals surface area contributed by atoms with Gasteiger partial charge >= 0.3 is 18.0 Å². The maximum atomic E-state index is 15.5. The second-order valence-electron chi connectivity index (χ2n) is 25.6. The summed E-state index contributed by atoms with van der Waals surface area (Å²) in [5.41, 5.74) is 3.20. The van der Waals surface area contributed by atoms with Gasteiger partial charge in [-0.05, 0) is 103 Å². The van der Waals surface area contributed by atoms with E-state index in [9.17, 15) is 39.6 Å². The molecule has 5 aliphatic heterocycles. The fraction of sp³-hybridized carbons (Fsp3) is 0.754. The largest absolute Gasteiger partial charge is 0.511 e. The van der Waals surface area contributed by atoms with Gasteiger partial charge in [0.1, 0.15) is 29.8 Å². The molecule has 22 nitrogen and oxygen atoms in total. The number of nitrogens with two attached hydrogens (primary N) is 1. The van der Waals surface area contributed by atoms with Crippen molar-refractivity contribution in [1.29, 1.82) is 0 Å². The minimum absolute atomic E-state index is 0.0492. The predicted octanol–water partition coefficient (Wildman–Crippen LogP) is 5.13. The number of nitrogens with one attached hydrogen (secondary N) is 1. The van der Waals surface area contributed by atoms with Crippen molar-refractivity contribution in [3.8, 4) is 0 Å². The van der Waals surface area contributed by atoms with E-state index in [4.69, 9.17) is 57.8 Å². The number of Topliss-reactive ketones (excluding diaryl/α,β-unsaturated/α-hetero) is 1. The third-order valence-corrected chi connectivity index (χ3v) is 19.5. The van der Waals surface area contributed by atoms with Crippen LogP contribution in [0.25, 0.3) is 0 Å². The molecule has 5 heterocycles. The third kappa shape index (κ3) is 12.3. The van der Waals surface area contributed by atoms with Gasteiger partial charge in [-0.25, -0.2) is 9.59 Å². The second-order valence-corrected chi connectivity index (χ2v) is 25.6. The normalized spacial score (nSPS) is 46.7. The van der Waals surface area contributed by atoms with Crippen LogP contribution in [0.4, 0.5) is 4.79 Å². The monoisotopic (exact) mass is 1170 g/mol. The molecular weight excluding hydrogens is 1080 g/mol. The van der Waals surface area contributed by atoms with E-state index in [1.165, 1.54) is 20.1 Å². The van der Waals surface area contributed by atoms with E-state index in [2.05, 4.69) is 25.2 Å². The highest BCUT2D eigenvalue weighted by atomic mass is 16.7. The zero-order valence-corrected chi connectivity index (χ0v) is 49.8. The number of amides is 1. The zero-order valence-electron chi connectivity index (χ0n) is 49.8. The molecule has 1 amide bonds. The van der Waals surface area contributed by atoms with E-state index in [0.717, 1.165) is 5.57 Å². The Morgan fingerprint density at radius 3 is 2.12 bits per heavy atom. The Kier molecular flexibility index (Phi) is 18.8. The van der Waals surface area contributed by atoms with Crippen LogP contribution in [0.15, 0.2) is 58.4 Å². The number of aldehydes is 1. The molecule has 462 valence electrons. The van der Waals surface area contributed by atoms with Crippen molar-refractivity contribution in [3.63, 3.8) is 0 Å². The first-order chi connectivity index (χ1) is 39.1. The Morgan fingerprint density at radius 2 is 1.46 bits per heavy atom. The van der Waals surface area contributed by atoms with Gasteiger partial charge in [0.25, 0.3) is 0 Å². The molecule has 26 atom stereocenters. The molecule has 0 unspecified atom stereocenters. The highest BCUT2D eigenvalue weighted by Crippen LogP contribution is 2.61. The highest BCUT2D eigenvalue weighted by molar-refractivity contribution is 6.26. The lowest BCUT2D eigenvalue weighted by molar-refractivity contribution is -0.323. The molecular formula is C61H88N2O20. The van der Waals surface area contributed by atoms with Crippen molar-refractivity contribution in [3.05, 3.63) is 58.4 Å². The SMILES string of the molecule is COC(=O)N[C@H]1[C@@H](C)O[C@@H](O[C@H]2CC=C(C)[C@@H]3C=C[C@@H]4[C@@H](O[C@H]5C[C@@H](O[C@H]6CC[C@@H](O[C@@H]7C[C@@H](O)[C@@H](O)[C@H](C)O7)[C@H](C)O6)[C@@H](OC(C)=O)[C@H](C)O5)[C@@H](C)C[C@H](C)[C@H]4[C@]3(C)C(O)=C3C(=O)O[C@]4(CC(C=O)=C[C@H](O)[C@H]4C=C2C)C3=O)C[C@]1(C)N. The van der Waals surface area contributed by atoms with Gasteiger partial charge in [-0.2, -0.15) is 0 Å². The number of aliphatic hydroxyl groups excluding tert-OH is 4. The van der Waals surface area contributed by atoms with Crippen molar-refractivity contribution >= 4 is 30.1 Å². The number of carbonyl (C=O) groups is 5. The minimum atomic E-state index is -2.12. The topological polar surface area (TPSA) is 306 Å². The molecule has 0 radical (unpaired) electrons. The van der Waals surface area contributed by atoms with Crippen molar-refractivity contribution in [2.24, 2.45) is 46.7 Å². The lowest BCUT2D eigenvalue weighted by Crippen LogP contribution is -2.66. The molecule has 9 aliphatic rings. The fourth-order valence-electron chi connectivity index (χ4n) is 15.4. The smallest absolute Gasteiger partial charge is 0.407 e. The Bertz CT molecular complexity index is 2610. The maximum Gasteiger partial charge on any atom is 0.407 e. The number of alkyl carbamates (subject to hydrolysis) is 1. The average molecular weight is 1170 g/mol. The number of hydrogen-bond acceptors (Lipinski definition) is 21. The summed E-state index contributed by atoms with van der Waals surface area (Å²) in [6, 6.07) is -0.633. The second kappa shape index (κ2) is 24.7. The number of esters is 2. The first-order valence-corrected chi connectivity index (χ1v) is 29.6. The van der Waals surface area contributed by atoms with Crippen molar-refractivity contribution in [1.82, 2.24) is 5.32 Å². The number of ketones is 1. The standard InChI is InChI=1S/C61H88N2O20/c1-27-13-16-42(79-48-25-59(10,62)54(34(8)77-48)63-58(72)73-12)28(2)20-39-40(66)21-36(26-64)24-61(39)56(70)49(57(71)83-61)55(69)60(11)38(27)15-14-37-50(60)29(3)19-30(4)52(37)82-47-23-44(53(33(7)76-47)78-35(9)65)81-45-18-17-43(31(5)74-45)80-46-22-41(67)51(68)32(6)75-46/h13-15,20-21,26,29-34,37-48,50-54,66-69H,16-19,22-25,62H2,1-12H3,(H,63,72)/t29-,30-,31-,32-,33-,34+,37-,38-,39+,40-,41+,42-,43+,44+,45-,46+,47-,48-,50+,51-,52-,53-,54-,59-,60+,61-/m0/s1. The van der Waals surface area contributed by atoms with Crippen molar-refractivity contribution in [2.75, 3.05) is 7.11 Å². The van der Waals surface area contributed by atoms with Gasteiger partial charge < -0.3 is 83.6 Å². The van der Waals surface area contributed by atoms with Gasteiger partial charge in [-0.3, -0.25) is 14.4 Å². The summed E-state index contributed by atoms with van der Waals surface area (Å²) in [6.45, 7) is 20.0. The Labute approximate surface area is 485 Å². The summed E-state index contributed by atoms with van der Waals surface area (Å²) < 4.78 is 69.0. The summed E-state index contributed by atoms with van der Waals surface area (Å²) >= 11 is 0. The Morgan fingerprint density at radius 1 is 0.783 bits per heavy atom. The van der Waals surface area contributed by atoms with E-state index in [1.54, 1.807) is 40.7 Å². The summed E-state index contributed by atoms with van der Waals surface area (Å²) in [6.07, 6.45) is -1.57. The maximum absolute atomic E-state index is 15.5. The number of carbonyl (C=O) groups excluding carboxylic acids is 5. The lowest BCUT2D eigenvalue weighted by Gasteiger charge is -2.56. The molecule has 9 rings (SSSR count). The van der Waals surface area contributed by atoms with Crippen molar-refractivity contribution in [2.45, 2.75) is 243 Å². The van der Waals surface area contributed by atoms with Crippen LogP contribution < -0.4 is 11.1 Å². The Hall–Kier alpha value is -4.43. The van der Waals surface area contributed by atoms with E-state index in [1.807, 2.05) is 32.9 Å². The van der Waals surface area contributed by atoms with Crippen molar-refractivity contribution < 1.29 is 96.5 Å². The average Bonchev–Trinajstić information content (AvgIpc) is 1.88. The third-order valence-electron chi connectivity index (χ3n) is 19.5. The van der Waals surface area contributed by atoms with Crippen LogP contribution in [0, 0.1) is 40.9 Å².